The van der Waals surface area contributed by atoms with Crippen molar-refractivity contribution in [3.8, 4) is 0 Å². The molecule has 0 aliphatic rings. The smallest absolute Gasteiger partial charge is 0.00726 e. The normalized spacial score (nSPS) is 14.8. The minimum atomic E-state index is 0.588. The average molecular weight is 247 g/mol. The molecule has 0 saturated heterocycles. The van der Waals surface area contributed by atoms with E-state index >= 15 is 0 Å². The van der Waals surface area contributed by atoms with Gasteiger partial charge in [0.05, 0.1) is 0 Å². The largest absolute Gasteiger partial charge is 0.314 e. The van der Waals surface area contributed by atoms with Crippen molar-refractivity contribution in [3.05, 3.63) is 35.4 Å². The van der Waals surface area contributed by atoms with Gasteiger partial charge in [-0.3, -0.25) is 0 Å². The third-order valence-electron chi connectivity index (χ3n) is 3.77. The van der Waals surface area contributed by atoms with E-state index < -0.39 is 0 Å². The molecule has 0 heterocycles. The van der Waals surface area contributed by atoms with Crippen molar-refractivity contribution in [3.63, 3.8) is 0 Å². The van der Waals surface area contributed by atoms with Crippen molar-refractivity contribution in [2.45, 2.75) is 53.5 Å². The number of hydrogen-bond acceptors (Lipinski definition) is 1. The van der Waals surface area contributed by atoms with Gasteiger partial charge in [0.2, 0.25) is 0 Å². The fourth-order valence-corrected chi connectivity index (χ4v) is 2.62. The van der Waals surface area contributed by atoms with Crippen LogP contribution in [0.3, 0.4) is 0 Å². The third kappa shape index (κ3) is 4.81. The maximum Gasteiger partial charge on any atom is 0.00726 e. The van der Waals surface area contributed by atoms with Crippen LogP contribution in [-0.2, 0) is 6.42 Å². The fourth-order valence-electron chi connectivity index (χ4n) is 2.62. The SMILES string of the molecule is CCCNC(C)C(Cc1cccc(C)c1)C(C)C. The van der Waals surface area contributed by atoms with Crippen LogP contribution in [-0.4, -0.2) is 12.6 Å². The van der Waals surface area contributed by atoms with Crippen LogP contribution in [0.4, 0.5) is 0 Å². The van der Waals surface area contributed by atoms with Gasteiger partial charge in [0.15, 0.2) is 0 Å². The molecule has 1 rings (SSSR count). The zero-order chi connectivity index (χ0) is 13.5. The van der Waals surface area contributed by atoms with Gasteiger partial charge in [-0.05, 0) is 50.6 Å². The molecule has 0 radical (unpaired) electrons. The predicted molar refractivity (Wildman–Crippen MR) is 81.0 cm³/mol. The number of nitrogens with one attached hydrogen (secondary N) is 1. The molecule has 0 spiro atoms. The molecule has 0 saturated carbocycles. The number of hydrogen-bond donors (Lipinski definition) is 1. The standard InChI is InChI=1S/C17H29N/c1-6-10-18-15(5)17(13(2)3)12-16-9-7-8-14(4)11-16/h7-9,11,13,15,17-18H,6,10,12H2,1-5H3. The predicted octanol–water partition coefficient (Wildman–Crippen LogP) is 4.20. The van der Waals surface area contributed by atoms with E-state index in [1.807, 2.05) is 0 Å². The van der Waals surface area contributed by atoms with E-state index in [2.05, 4.69) is 64.2 Å². The van der Waals surface area contributed by atoms with Gasteiger partial charge >= 0.3 is 0 Å². The van der Waals surface area contributed by atoms with Gasteiger partial charge in [-0.25, -0.2) is 0 Å². The Labute approximate surface area is 113 Å². The van der Waals surface area contributed by atoms with Crippen molar-refractivity contribution >= 4 is 0 Å². The van der Waals surface area contributed by atoms with E-state index in [-0.39, 0.29) is 0 Å². The van der Waals surface area contributed by atoms with Gasteiger partial charge < -0.3 is 5.32 Å². The lowest BCUT2D eigenvalue weighted by atomic mass is 9.83. The Morgan fingerprint density at radius 3 is 2.44 bits per heavy atom. The number of aryl methyl sites for hydroxylation is 1. The molecule has 0 fully saturated rings. The highest BCUT2D eigenvalue weighted by molar-refractivity contribution is 5.22. The number of rotatable bonds is 7. The van der Waals surface area contributed by atoms with Crippen molar-refractivity contribution < 1.29 is 0 Å². The van der Waals surface area contributed by atoms with Crippen LogP contribution in [0.5, 0.6) is 0 Å². The van der Waals surface area contributed by atoms with Crippen LogP contribution in [0.2, 0.25) is 0 Å². The lowest BCUT2D eigenvalue weighted by Gasteiger charge is -2.28. The monoisotopic (exact) mass is 247 g/mol. The zero-order valence-electron chi connectivity index (χ0n) is 12.7. The Bertz CT molecular complexity index is 343. The molecule has 2 unspecified atom stereocenters. The highest BCUT2D eigenvalue weighted by atomic mass is 14.9. The Balaban J connectivity index is 2.68. The molecule has 0 aromatic heterocycles. The second-order valence-corrected chi connectivity index (χ2v) is 5.84. The minimum Gasteiger partial charge on any atom is -0.314 e. The number of benzene rings is 1. The third-order valence-corrected chi connectivity index (χ3v) is 3.77. The van der Waals surface area contributed by atoms with Gasteiger partial charge in [0, 0.05) is 6.04 Å². The van der Waals surface area contributed by atoms with Crippen molar-refractivity contribution in [1.82, 2.24) is 5.32 Å². The molecule has 1 heteroatoms. The van der Waals surface area contributed by atoms with Crippen LogP contribution in [0.1, 0.15) is 45.2 Å². The Hall–Kier alpha value is -0.820. The van der Waals surface area contributed by atoms with Gasteiger partial charge in [-0.2, -0.15) is 0 Å². The summed E-state index contributed by atoms with van der Waals surface area (Å²) in [5, 5.41) is 3.65. The molecular formula is C17H29N. The van der Waals surface area contributed by atoms with Crippen molar-refractivity contribution in [2.24, 2.45) is 11.8 Å². The maximum absolute atomic E-state index is 3.65. The Morgan fingerprint density at radius 2 is 1.89 bits per heavy atom. The lowest BCUT2D eigenvalue weighted by molar-refractivity contribution is 0.289. The summed E-state index contributed by atoms with van der Waals surface area (Å²) in [6, 6.07) is 9.51. The van der Waals surface area contributed by atoms with E-state index in [9.17, 15) is 0 Å². The van der Waals surface area contributed by atoms with E-state index in [1.54, 1.807) is 0 Å². The first-order valence-electron chi connectivity index (χ1n) is 7.33. The summed E-state index contributed by atoms with van der Waals surface area (Å²) >= 11 is 0. The summed E-state index contributed by atoms with van der Waals surface area (Å²) in [6.45, 7) is 12.5. The molecule has 2 atom stereocenters. The van der Waals surface area contributed by atoms with E-state index in [4.69, 9.17) is 0 Å². The van der Waals surface area contributed by atoms with Gasteiger partial charge in [0.1, 0.15) is 0 Å². The first-order valence-corrected chi connectivity index (χ1v) is 7.33. The average Bonchev–Trinajstić information content (AvgIpc) is 2.32. The maximum atomic E-state index is 3.65. The van der Waals surface area contributed by atoms with Crippen LogP contribution in [0, 0.1) is 18.8 Å². The Morgan fingerprint density at radius 1 is 1.17 bits per heavy atom. The van der Waals surface area contributed by atoms with Gasteiger partial charge in [-0.15, -0.1) is 0 Å². The molecule has 1 aromatic carbocycles. The van der Waals surface area contributed by atoms with E-state index in [0.29, 0.717) is 17.9 Å². The molecular weight excluding hydrogens is 218 g/mol. The second kappa shape index (κ2) is 7.58. The molecule has 1 N–H and O–H groups in total. The highest BCUT2D eigenvalue weighted by Gasteiger charge is 2.20. The summed E-state index contributed by atoms with van der Waals surface area (Å²) in [4.78, 5) is 0. The molecule has 0 bridgehead atoms. The van der Waals surface area contributed by atoms with Gasteiger partial charge in [-0.1, -0.05) is 50.6 Å². The molecule has 0 aliphatic heterocycles. The van der Waals surface area contributed by atoms with Crippen LogP contribution >= 0.6 is 0 Å². The molecule has 1 aromatic rings. The van der Waals surface area contributed by atoms with E-state index in [0.717, 1.165) is 6.54 Å². The van der Waals surface area contributed by atoms with Crippen LogP contribution in [0.25, 0.3) is 0 Å². The minimum absolute atomic E-state index is 0.588. The van der Waals surface area contributed by atoms with Gasteiger partial charge in [0.25, 0.3) is 0 Å². The fraction of sp³-hybridized carbons (Fsp3) is 0.647. The quantitative estimate of drug-likeness (QED) is 0.761. The lowest BCUT2D eigenvalue weighted by Crippen LogP contribution is -2.37. The molecule has 0 amide bonds. The summed E-state index contributed by atoms with van der Waals surface area (Å²) < 4.78 is 0. The zero-order valence-corrected chi connectivity index (χ0v) is 12.7. The Kier molecular flexibility index (Phi) is 6.42. The highest BCUT2D eigenvalue weighted by Crippen LogP contribution is 2.21. The second-order valence-electron chi connectivity index (χ2n) is 5.84. The summed E-state index contributed by atoms with van der Waals surface area (Å²) in [5.41, 5.74) is 2.84. The molecule has 18 heavy (non-hydrogen) atoms. The molecule has 1 nitrogen and oxygen atoms in total. The van der Waals surface area contributed by atoms with Crippen LogP contribution in [0.15, 0.2) is 24.3 Å². The topological polar surface area (TPSA) is 12.0 Å². The summed E-state index contributed by atoms with van der Waals surface area (Å²) in [5.74, 6) is 1.42. The molecule has 0 aliphatic carbocycles. The summed E-state index contributed by atoms with van der Waals surface area (Å²) in [6.07, 6.45) is 2.39. The van der Waals surface area contributed by atoms with Crippen molar-refractivity contribution in [2.75, 3.05) is 6.54 Å². The summed E-state index contributed by atoms with van der Waals surface area (Å²) in [7, 11) is 0. The van der Waals surface area contributed by atoms with Crippen molar-refractivity contribution in [1.29, 1.82) is 0 Å². The molecule has 102 valence electrons. The first kappa shape index (κ1) is 15.2. The van der Waals surface area contributed by atoms with E-state index in [1.165, 1.54) is 24.0 Å². The first-order chi connectivity index (χ1) is 8.54. The van der Waals surface area contributed by atoms with Crippen LogP contribution < -0.4 is 5.32 Å².